The lowest BCUT2D eigenvalue weighted by Gasteiger charge is -2.12. The molecule has 0 aliphatic carbocycles. The Morgan fingerprint density at radius 1 is 1.07 bits per heavy atom. The number of amides is 1. The summed E-state index contributed by atoms with van der Waals surface area (Å²) in [5.74, 6) is 0.993. The summed E-state index contributed by atoms with van der Waals surface area (Å²) < 4.78 is 10.6. The van der Waals surface area contributed by atoms with E-state index in [1.165, 1.54) is 5.56 Å². The standard InChI is InChI=1S/C20H22N4O3/c1-4-26-20(25)22-17-11-9-16(10-12-17)21-14(3)18-23-24-19(27-18)15-7-5-13(2)6-8-15/h5-12,14,21H,4H2,1-3H3,(H,22,25). The van der Waals surface area contributed by atoms with E-state index in [4.69, 9.17) is 9.15 Å². The van der Waals surface area contributed by atoms with Gasteiger partial charge < -0.3 is 14.5 Å². The molecule has 0 saturated heterocycles. The zero-order chi connectivity index (χ0) is 19.2. The van der Waals surface area contributed by atoms with Gasteiger partial charge >= 0.3 is 6.09 Å². The van der Waals surface area contributed by atoms with Gasteiger partial charge in [0.15, 0.2) is 0 Å². The Morgan fingerprint density at radius 3 is 2.41 bits per heavy atom. The van der Waals surface area contributed by atoms with Gasteiger partial charge in [0.2, 0.25) is 11.8 Å². The third-order valence-corrected chi connectivity index (χ3v) is 3.90. The van der Waals surface area contributed by atoms with Gasteiger partial charge in [-0.05, 0) is 57.2 Å². The third-order valence-electron chi connectivity index (χ3n) is 3.90. The second kappa shape index (κ2) is 8.35. The van der Waals surface area contributed by atoms with Gasteiger partial charge in [-0.25, -0.2) is 4.79 Å². The van der Waals surface area contributed by atoms with Crippen molar-refractivity contribution in [3.05, 3.63) is 60.0 Å². The van der Waals surface area contributed by atoms with Crippen LogP contribution in [-0.4, -0.2) is 22.9 Å². The first-order valence-corrected chi connectivity index (χ1v) is 8.76. The molecular formula is C20H22N4O3. The second-order valence-corrected chi connectivity index (χ2v) is 6.10. The zero-order valence-electron chi connectivity index (χ0n) is 15.5. The van der Waals surface area contributed by atoms with E-state index in [1.54, 1.807) is 19.1 Å². The van der Waals surface area contributed by atoms with E-state index >= 15 is 0 Å². The summed E-state index contributed by atoms with van der Waals surface area (Å²) in [6.45, 7) is 6.06. The minimum absolute atomic E-state index is 0.166. The minimum Gasteiger partial charge on any atom is -0.450 e. The van der Waals surface area contributed by atoms with Gasteiger partial charge in [0, 0.05) is 16.9 Å². The first-order chi connectivity index (χ1) is 13.0. The number of benzene rings is 2. The smallest absolute Gasteiger partial charge is 0.411 e. The number of nitrogens with zero attached hydrogens (tertiary/aromatic N) is 2. The molecule has 1 aromatic heterocycles. The van der Waals surface area contributed by atoms with Gasteiger partial charge in [0.05, 0.1) is 6.61 Å². The predicted molar refractivity (Wildman–Crippen MR) is 104 cm³/mol. The van der Waals surface area contributed by atoms with Crippen molar-refractivity contribution in [3.63, 3.8) is 0 Å². The van der Waals surface area contributed by atoms with Crippen LogP contribution >= 0.6 is 0 Å². The summed E-state index contributed by atoms with van der Waals surface area (Å²) in [6.07, 6.45) is -0.471. The maximum absolute atomic E-state index is 11.4. The third kappa shape index (κ3) is 4.84. The second-order valence-electron chi connectivity index (χ2n) is 6.10. The zero-order valence-corrected chi connectivity index (χ0v) is 15.5. The Bertz CT molecular complexity index is 888. The Labute approximate surface area is 157 Å². The van der Waals surface area contributed by atoms with Crippen LogP contribution < -0.4 is 10.6 Å². The molecule has 3 rings (SSSR count). The molecule has 1 atom stereocenters. The maximum Gasteiger partial charge on any atom is 0.411 e. The molecule has 0 radical (unpaired) electrons. The van der Waals surface area contributed by atoms with Gasteiger partial charge in [-0.15, -0.1) is 10.2 Å². The fourth-order valence-electron chi connectivity index (χ4n) is 2.47. The van der Waals surface area contributed by atoms with Crippen LogP contribution in [0.2, 0.25) is 0 Å². The fraction of sp³-hybridized carbons (Fsp3) is 0.250. The van der Waals surface area contributed by atoms with Crippen molar-refractivity contribution < 1.29 is 13.9 Å². The lowest BCUT2D eigenvalue weighted by Crippen LogP contribution is -2.13. The van der Waals surface area contributed by atoms with Gasteiger partial charge in [-0.2, -0.15) is 0 Å². The Morgan fingerprint density at radius 2 is 1.74 bits per heavy atom. The molecule has 0 fully saturated rings. The van der Waals surface area contributed by atoms with Crippen molar-refractivity contribution >= 4 is 17.5 Å². The SMILES string of the molecule is CCOC(=O)Nc1ccc(NC(C)c2nnc(-c3ccc(C)cc3)o2)cc1. The normalized spacial score (nSPS) is 11.7. The van der Waals surface area contributed by atoms with Crippen LogP contribution in [0.3, 0.4) is 0 Å². The molecule has 1 heterocycles. The molecule has 0 aliphatic rings. The number of aromatic nitrogens is 2. The Kier molecular flexibility index (Phi) is 5.71. The summed E-state index contributed by atoms with van der Waals surface area (Å²) in [5, 5.41) is 14.2. The molecule has 7 nitrogen and oxygen atoms in total. The van der Waals surface area contributed by atoms with Gasteiger partial charge in [-0.1, -0.05) is 17.7 Å². The summed E-state index contributed by atoms with van der Waals surface area (Å²) >= 11 is 0. The highest BCUT2D eigenvalue weighted by Gasteiger charge is 2.15. The molecule has 0 aliphatic heterocycles. The van der Waals surface area contributed by atoms with Crippen molar-refractivity contribution in [1.82, 2.24) is 10.2 Å². The predicted octanol–water partition coefficient (Wildman–Crippen LogP) is 4.79. The largest absolute Gasteiger partial charge is 0.450 e. The van der Waals surface area contributed by atoms with Crippen LogP contribution in [0.4, 0.5) is 16.2 Å². The highest BCUT2D eigenvalue weighted by molar-refractivity contribution is 5.84. The Hall–Kier alpha value is -3.35. The first kappa shape index (κ1) is 18.4. The molecular weight excluding hydrogens is 344 g/mol. The molecule has 7 heteroatoms. The summed E-state index contributed by atoms with van der Waals surface area (Å²) in [5.41, 5.74) is 3.59. The molecule has 27 heavy (non-hydrogen) atoms. The van der Waals surface area contributed by atoms with E-state index in [0.29, 0.717) is 24.1 Å². The van der Waals surface area contributed by atoms with Crippen LogP contribution in [0.15, 0.2) is 52.9 Å². The van der Waals surface area contributed by atoms with Crippen molar-refractivity contribution in [3.8, 4) is 11.5 Å². The van der Waals surface area contributed by atoms with Gasteiger partial charge in [-0.3, -0.25) is 5.32 Å². The molecule has 1 amide bonds. The van der Waals surface area contributed by atoms with Crippen LogP contribution in [0.25, 0.3) is 11.5 Å². The van der Waals surface area contributed by atoms with Crippen molar-refractivity contribution in [1.29, 1.82) is 0 Å². The molecule has 2 N–H and O–H groups in total. The van der Waals surface area contributed by atoms with Crippen LogP contribution in [-0.2, 0) is 4.74 Å². The number of rotatable bonds is 6. The molecule has 2 aromatic carbocycles. The number of nitrogens with one attached hydrogen (secondary N) is 2. The van der Waals surface area contributed by atoms with Crippen LogP contribution in [0.5, 0.6) is 0 Å². The molecule has 0 saturated carbocycles. The number of anilines is 2. The summed E-state index contributed by atoms with van der Waals surface area (Å²) in [6, 6.07) is 15.1. The molecule has 0 spiro atoms. The monoisotopic (exact) mass is 366 g/mol. The average Bonchev–Trinajstić information content (AvgIpc) is 3.14. The van der Waals surface area contributed by atoms with Crippen LogP contribution in [0.1, 0.15) is 31.3 Å². The number of ether oxygens (including phenoxy) is 1. The highest BCUT2D eigenvalue weighted by atomic mass is 16.5. The molecule has 3 aromatic rings. The minimum atomic E-state index is -0.471. The van der Waals surface area contributed by atoms with E-state index in [-0.39, 0.29) is 6.04 Å². The van der Waals surface area contributed by atoms with Crippen molar-refractivity contribution in [2.75, 3.05) is 17.2 Å². The average molecular weight is 366 g/mol. The first-order valence-electron chi connectivity index (χ1n) is 8.76. The van der Waals surface area contributed by atoms with E-state index in [0.717, 1.165) is 11.3 Å². The molecule has 0 bridgehead atoms. The van der Waals surface area contributed by atoms with Gasteiger partial charge in [0.25, 0.3) is 0 Å². The molecule has 1 unspecified atom stereocenters. The fourth-order valence-corrected chi connectivity index (χ4v) is 2.47. The van der Waals surface area contributed by atoms with E-state index < -0.39 is 6.09 Å². The summed E-state index contributed by atoms with van der Waals surface area (Å²) in [7, 11) is 0. The van der Waals surface area contributed by atoms with Crippen LogP contribution in [0, 0.1) is 6.92 Å². The van der Waals surface area contributed by atoms with Crippen molar-refractivity contribution in [2.24, 2.45) is 0 Å². The number of carbonyl (C=O) groups is 1. The van der Waals surface area contributed by atoms with E-state index in [2.05, 4.69) is 20.8 Å². The van der Waals surface area contributed by atoms with E-state index in [1.807, 2.05) is 50.2 Å². The molecule has 140 valence electrons. The quantitative estimate of drug-likeness (QED) is 0.652. The summed E-state index contributed by atoms with van der Waals surface area (Å²) in [4.78, 5) is 11.4. The maximum atomic E-state index is 11.4. The number of aryl methyl sites for hydroxylation is 1. The Balaban J connectivity index is 1.62. The lowest BCUT2D eigenvalue weighted by atomic mass is 10.1. The van der Waals surface area contributed by atoms with E-state index in [9.17, 15) is 4.79 Å². The number of hydrogen-bond donors (Lipinski definition) is 2. The van der Waals surface area contributed by atoms with Crippen molar-refractivity contribution in [2.45, 2.75) is 26.8 Å². The topological polar surface area (TPSA) is 89.3 Å². The number of carbonyl (C=O) groups excluding carboxylic acids is 1. The van der Waals surface area contributed by atoms with Gasteiger partial charge in [0.1, 0.15) is 6.04 Å². The highest BCUT2D eigenvalue weighted by Crippen LogP contribution is 2.24. The number of hydrogen-bond acceptors (Lipinski definition) is 6. The lowest BCUT2D eigenvalue weighted by molar-refractivity contribution is 0.168.